The van der Waals surface area contributed by atoms with Gasteiger partial charge in [0.2, 0.25) is 11.5 Å². The molecule has 1 aromatic carbocycles. The van der Waals surface area contributed by atoms with Gasteiger partial charge in [0.1, 0.15) is 5.75 Å². The second kappa shape index (κ2) is 7.61. The monoisotopic (exact) mass is 365 g/mol. The lowest BCUT2D eigenvalue weighted by Gasteiger charge is -2.19. The van der Waals surface area contributed by atoms with Crippen LogP contribution in [0.2, 0.25) is 5.02 Å². The van der Waals surface area contributed by atoms with Gasteiger partial charge in [0.25, 0.3) is 0 Å². The Morgan fingerprint density at radius 3 is 2.04 bits per heavy atom. The van der Waals surface area contributed by atoms with Crippen LogP contribution in [0.5, 0.6) is 23.0 Å². The molecule has 0 N–H and O–H groups in total. The van der Waals surface area contributed by atoms with Crippen LogP contribution in [0.15, 0.2) is 12.3 Å². The van der Waals surface area contributed by atoms with Crippen molar-refractivity contribution in [3.63, 3.8) is 0 Å². The first-order valence-corrected chi connectivity index (χ1v) is 7.82. The van der Waals surface area contributed by atoms with E-state index in [1.165, 1.54) is 34.6 Å². The number of methoxy groups -OCH3 is 4. The van der Waals surface area contributed by atoms with Gasteiger partial charge in [-0.1, -0.05) is 11.6 Å². The fraction of sp³-hybridized carbons (Fsp3) is 0.333. The van der Waals surface area contributed by atoms with Gasteiger partial charge in [-0.05, 0) is 25.5 Å². The predicted molar refractivity (Wildman–Crippen MR) is 94.8 cm³/mol. The lowest BCUT2D eigenvalue weighted by Crippen LogP contribution is -2.11. The van der Waals surface area contributed by atoms with Gasteiger partial charge in [0, 0.05) is 0 Å². The first-order chi connectivity index (χ1) is 11.9. The average molecular weight is 366 g/mol. The number of aromatic nitrogens is 1. The standard InChI is InChI=1S/C18H20ClNO5/c1-9-7-11(22-3)17(24-5)18(25-6)13(9)16(21)14-12(23-4)8-20-10(2)15(14)19/h7-8H,1-6H3. The van der Waals surface area contributed by atoms with Gasteiger partial charge in [-0.15, -0.1) is 0 Å². The SMILES string of the molecule is COc1cc(C)c(C(=O)c2c(OC)cnc(C)c2Cl)c(OC)c1OC. The van der Waals surface area contributed by atoms with Crippen LogP contribution in [0.3, 0.4) is 0 Å². The van der Waals surface area contributed by atoms with Gasteiger partial charge < -0.3 is 18.9 Å². The molecule has 0 bridgehead atoms. The van der Waals surface area contributed by atoms with Crippen LogP contribution in [-0.2, 0) is 0 Å². The molecule has 2 rings (SSSR count). The zero-order valence-electron chi connectivity index (χ0n) is 15.0. The topological polar surface area (TPSA) is 66.9 Å². The molecule has 0 spiro atoms. The Balaban J connectivity index is 2.79. The van der Waals surface area contributed by atoms with Crippen LogP contribution in [-0.4, -0.2) is 39.2 Å². The molecule has 0 radical (unpaired) electrons. The fourth-order valence-corrected chi connectivity index (χ4v) is 2.85. The summed E-state index contributed by atoms with van der Waals surface area (Å²) in [5.41, 5.74) is 1.74. The molecule has 2 aromatic rings. The summed E-state index contributed by atoms with van der Waals surface area (Å²) in [7, 11) is 5.92. The van der Waals surface area contributed by atoms with Gasteiger partial charge in [0.05, 0.1) is 56.5 Å². The second-order valence-electron chi connectivity index (χ2n) is 5.27. The van der Waals surface area contributed by atoms with Crippen molar-refractivity contribution in [2.24, 2.45) is 0 Å². The van der Waals surface area contributed by atoms with Crippen molar-refractivity contribution < 1.29 is 23.7 Å². The third-order valence-corrected chi connectivity index (χ3v) is 4.32. The number of aryl methyl sites for hydroxylation is 2. The maximum atomic E-state index is 13.3. The molecule has 0 unspecified atom stereocenters. The summed E-state index contributed by atoms with van der Waals surface area (Å²) in [6, 6.07) is 1.71. The van der Waals surface area contributed by atoms with Crippen LogP contribution >= 0.6 is 11.6 Å². The molecule has 0 amide bonds. The molecule has 6 nitrogen and oxygen atoms in total. The Morgan fingerprint density at radius 1 is 0.920 bits per heavy atom. The zero-order valence-corrected chi connectivity index (χ0v) is 15.8. The number of carbonyl (C=O) groups excluding carboxylic acids is 1. The summed E-state index contributed by atoms with van der Waals surface area (Å²) in [5, 5.41) is 0.237. The van der Waals surface area contributed by atoms with E-state index in [1.807, 2.05) is 0 Å². The highest BCUT2D eigenvalue weighted by Gasteiger charge is 2.28. The lowest BCUT2D eigenvalue weighted by molar-refractivity contribution is 0.103. The van der Waals surface area contributed by atoms with E-state index in [0.717, 1.165) is 0 Å². The van der Waals surface area contributed by atoms with Crippen molar-refractivity contribution in [3.05, 3.63) is 39.7 Å². The first-order valence-electron chi connectivity index (χ1n) is 7.44. The van der Waals surface area contributed by atoms with Crippen LogP contribution in [0, 0.1) is 13.8 Å². The largest absolute Gasteiger partial charge is 0.494 e. The molecule has 1 aromatic heterocycles. The minimum atomic E-state index is -0.345. The Bertz CT molecular complexity index is 820. The maximum absolute atomic E-state index is 13.3. The highest BCUT2D eigenvalue weighted by atomic mass is 35.5. The smallest absolute Gasteiger partial charge is 0.204 e. The third-order valence-electron chi connectivity index (χ3n) is 3.86. The number of carbonyl (C=O) groups is 1. The molecule has 0 aliphatic carbocycles. The minimum Gasteiger partial charge on any atom is -0.494 e. The van der Waals surface area contributed by atoms with E-state index in [1.54, 1.807) is 19.9 Å². The number of hydrogen-bond acceptors (Lipinski definition) is 6. The molecule has 0 aliphatic rings. The number of ether oxygens (including phenoxy) is 4. The molecule has 7 heteroatoms. The van der Waals surface area contributed by atoms with Crippen LogP contribution < -0.4 is 18.9 Å². The number of hydrogen-bond donors (Lipinski definition) is 0. The Morgan fingerprint density at radius 2 is 1.52 bits per heavy atom. The van der Waals surface area contributed by atoms with Crippen molar-refractivity contribution in [2.45, 2.75) is 13.8 Å². The Kier molecular flexibility index (Phi) is 5.74. The van der Waals surface area contributed by atoms with E-state index in [9.17, 15) is 4.79 Å². The number of halogens is 1. The van der Waals surface area contributed by atoms with E-state index in [-0.39, 0.29) is 27.9 Å². The van der Waals surface area contributed by atoms with E-state index < -0.39 is 0 Å². The predicted octanol–water partition coefficient (Wildman–Crippen LogP) is 3.62. The number of ketones is 1. The molecule has 0 atom stereocenters. The number of nitrogens with zero attached hydrogens (tertiary/aromatic N) is 1. The lowest BCUT2D eigenvalue weighted by atomic mass is 9.96. The van der Waals surface area contributed by atoms with Gasteiger partial charge in [-0.25, -0.2) is 0 Å². The molecule has 0 saturated carbocycles. The molecule has 134 valence electrons. The van der Waals surface area contributed by atoms with E-state index in [2.05, 4.69) is 4.98 Å². The third kappa shape index (κ3) is 3.22. The van der Waals surface area contributed by atoms with Crippen LogP contribution in [0.4, 0.5) is 0 Å². The van der Waals surface area contributed by atoms with Gasteiger partial charge in [-0.3, -0.25) is 9.78 Å². The molecule has 0 aliphatic heterocycles. The van der Waals surface area contributed by atoms with Crippen molar-refractivity contribution in [2.75, 3.05) is 28.4 Å². The molecular formula is C18H20ClNO5. The molecule has 0 saturated heterocycles. The molecule has 25 heavy (non-hydrogen) atoms. The highest BCUT2D eigenvalue weighted by molar-refractivity contribution is 6.36. The zero-order chi connectivity index (χ0) is 18.7. The van der Waals surface area contributed by atoms with E-state index in [0.29, 0.717) is 28.3 Å². The van der Waals surface area contributed by atoms with Crippen LogP contribution in [0.1, 0.15) is 27.2 Å². The summed E-state index contributed by atoms with van der Waals surface area (Å²) in [6.07, 6.45) is 1.47. The molecular weight excluding hydrogens is 346 g/mol. The summed E-state index contributed by atoms with van der Waals surface area (Å²) in [5.74, 6) is 1.02. The summed E-state index contributed by atoms with van der Waals surface area (Å²) in [4.78, 5) is 17.4. The minimum absolute atomic E-state index is 0.227. The van der Waals surface area contributed by atoms with Crippen molar-refractivity contribution in [1.29, 1.82) is 0 Å². The van der Waals surface area contributed by atoms with Crippen molar-refractivity contribution in [3.8, 4) is 23.0 Å². The second-order valence-corrected chi connectivity index (χ2v) is 5.65. The Hall–Kier alpha value is -2.47. The fourth-order valence-electron chi connectivity index (χ4n) is 2.62. The van der Waals surface area contributed by atoms with Crippen molar-refractivity contribution in [1.82, 2.24) is 4.98 Å². The van der Waals surface area contributed by atoms with Crippen molar-refractivity contribution >= 4 is 17.4 Å². The summed E-state index contributed by atoms with van der Waals surface area (Å²) in [6.45, 7) is 3.50. The van der Waals surface area contributed by atoms with E-state index in [4.69, 9.17) is 30.5 Å². The number of benzene rings is 1. The van der Waals surface area contributed by atoms with Gasteiger partial charge in [-0.2, -0.15) is 0 Å². The normalized spacial score (nSPS) is 10.4. The summed E-state index contributed by atoms with van der Waals surface area (Å²) >= 11 is 6.34. The first kappa shape index (κ1) is 18.9. The van der Waals surface area contributed by atoms with Gasteiger partial charge >= 0.3 is 0 Å². The Labute approximate surface area is 151 Å². The average Bonchev–Trinajstić information content (AvgIpc) is 2.61. The van der Waals surface area contributed by atoms with Gasteiger partial charge in [0.15, 0.2) is 11.5 Å². The van der Waals surface area contributed by atoms with Crippen LogP contribution in [0.25, 0.3) is 0 Å². The molecule has 0 fully saturated rings. The quantitative estimate of drug-likeness (QED) is 0.728. The maximum Gasteiger partial charge on any atom is 0.204 e. The number of pyridine rings is 1. The molecule has 1 heterocycles. The highest BCUT2D eigenvalue weighted by Crippen LogP contribution is 2.44. The number of rotatable bonds is 6. The summed E-state index contributed by atoms with van der Waals surface area (Å²) < 4.78 is 21.4. The van der Waals surface area contributed by atoms with E-state index >= 15 is 0 Å².